The van der Waals surface area contributed by atoms with Gasteiger partial charge in [-0.1, -0.05) is 30.3 Å². The quantitative estimate of drug-likeness (QED) is 0.619. The maximum atomic E-state index is 12.0. The molecule has 0 heterocycles. The van der Waals surface area contributed by atoms with Crippen molar-refractivity contribution < 1.29 is 19.4 Å². The average Bonchev–Trinajstić information content (AvgIpc) is 2.37. The summed E-state index contributed by atoms with van der Waals surface area (Å²) in [6.45, 7) is 5.03. The standard InChI is InChI=1S/C16H23NO4/c1-15(2,3)21-14(20)16(17,13(18)19)11-7-10-12-8-5-4-6-9-12/h4-6,8-9H,7,10-11,17H2,1-3H3,(H,18,19)/t16-/m1/s1. The van der Waals surface area contributed by atoms with E-state index in [1.54, 1.807) is 20.8 Å². The first-order valence-electron chi connectivity index (χ1n) is 6.95. The average molecular weight is 293 g/mol. The molecule has 5 nitrogen and oxygen atoms in total. The molecule has 1 atom stereocenters. The predicted molar refractivity (Wildman–Crippen MR) is 79.8 cm³/mol. The number of hydrogen-bond donors (Lipinski definition) is 2. The van der Waals surface area contributed by atoms with Crippen LogP contribution in [0.3, 0.4) is 0 Å². The SMILES string of the molecule is CC(C)(C)OC(=O)[C@@](N)(CCCc1ccccc1)C(=O)O. The minimum atomic E-state index is -2.00. The second-order valence-electron chi connectivity index (χ2n) is 6.12. The monoisotopic (exact) mass is 293 g/mol. The molecule has 0 bridgehead atoms. The van der Waals surface area contributed by atoms with Gasteiger partial charge in [0.05, 0.1) is 0 Å². The third kappa shape index (κ3) is 5.19. The molecule has 0 fully saturated rings. The van der Waals surface area contributed by atoms with Gasteiger partial charge in [0, 0.05) is 0 Å². The number of ether oxygens (including phenoxy) is 1. The predicted octanol–water partition coefficient (Wildman–Crippen LogP) is 2.13. The molecule has 0 aliphatic carbocycles. The molecule has 5 heteroatoms. The van der Waals surface area contributed by atoms with E-state index in [2.05, 4.69) is 0 Å². The first-order chi connectivity index (χ1) is 9.65. The highest BCUT2D eigenvalue weighted by molar-refractivity contribution is 6.03. The number of aliphatic carboxylic acids is 1. The molecule has 0 unspecified atom stereocenters. The van der Waals surface area contributed by atoms with Gasteiger partial charge in [-0.25, -0.2) is 9.59 Å². The second-order valence-corrected chi connectivity index (χ2v) is 6.12. The van der Waals surface area contributed by atoms with Crippen molar-refractivity contribution in [3.8, 4) is 0 Å². The minimum Gasteiger partial charge on any atom is -0.479 e. The molecule has 1 rings (SSSR count). The lowest BCUT2D eigenvalue weighted by Gasteiger charge is -2.28. The summed E-state index contributed by atoms with van der Waals surface area (Å²) in [5.41, 5.74) is 4.09. The molecule has 21 heavy (non-hydrogen) atoms. The first-order valence-corrected chi connectivity index (χ1v) is 6.95. The third-order valence-electron chi connectivity index (χ3n) is 3.02. The highest BCUT2D eigenvalue weighted by Gasteiger charge is 2.44. The van der Waals surface area contributed by atoms with Crippen molar-refractivity contribution in [1.82, 2.24) is 0 Å². The van der Waals surface area contributed by atoms with Crippen LogP contribution in [0.25, 0.3) is 0 Å². The number of esters is 1. The normalized spacial score (nSPS) is 14.3. The Hall–Kier alpha value is -1.88. The summed E-state index contributed by atoms with van der Waals surface area (Å²) in [6, 6.07) is 9.64. The molecule has 0 aliphatic heterocycles. The van der Waals surface area contributed by atoms with E-state index in [4.69, 9.17) is 10.5 Å². The molecule has 0 aromatic heterocycles. The van der Waals surface area contributed by atoms with Crippen molar-refractivity contribution in [2.75, 3.05) is 0 Å². The third-order valence-corrected chi connectivity index (χ3v) is 3.02. The van der Waals surface area contributed by atoms with Crippen molar-refractivity contribution in [3.05, 3.63) is 35.9 Å². The van der Waals surface area contributed by atoms with Crippen LogP contribution in [0.5, 0.6) is 0 Å². The molecule has 0 spiro atoms. The van der Waals surface area contributed by atoms with Crippen molar-refractivity contribution in [2.24, 2.45) is 5.73 Å². The molecule has 0 radical (unpaired) electrons. The smallest absolute Gasteiger partial charge is 0.338 e. The Labute approximate surface area is 125 Å². The summed E-state index contributed by atoms with van der Waals surface area (Å²) in [6.07, 6.45) is 1.19. The number of rotatable bonds is 6. The van der Waals surface area contributed by atoms with Gasteiger partial charge < -0.3 is 15.6 Å². The van der Waals surface area contributed by atoms with Gasteiger partial charge in [-0.05, 0) is 45.6 Å². The van der Waals surface area contributed by atoms with Gasteiger partial charge in [-0.15, -0.1) is 0 Å². The largest absolute Gasteiger partial charge is 0.479 e. The lowest BCUT2D eigenvalue weighted by Crippen LogP contribution is -2.57. The number of carbonyl (C=O) groups is 2. The molecular weight excluding hydrogens is 270 g/mol. The van der Waals surface area contributed by atoms with Gasteiger partial charge in [0.1, 0.15) is 5.60 Å². The first kappa shape index (κ1) is 17.2. The topological polar surface area (TPSA) is 89.6 Å². The number of carboxylic acid groups (broad SMARTS) is 1. The molecule has 0 amide bonds. The van der Waals surface area contributed by atoms with E-state index in [9.17, 15) is 14.7 Å². The summed E-state index contributed by atoms with van der Waals surface area (Å²) in [5.74, 6) is -2.25. The van der Waals surface area contributed by atoms with Crippen LogP contribution in [-0.2, 0) is 20.7 Å². The van der Waals surface area contributed by atoms with Gasteiger partial charge in [-0.3, -0.25) is 0 Å². The zero-order valence-corrected chi connectivity index (χ0v) is 12.8. The van der Waals surface area contributed by atoms with Crippen LogP contribution >= 0.6 is 0 Å². The minimum absolute atomic E-state index is 0.0339. The molecule has 0 saturated carbocycles. The van der Waals surface area contributed by atoms with Crippen molar-refractivity contribution >= 4 is 11.9 Å². The van der Waals surface area contributed by atoms with E-state index in [0.717, 1.165) is 5.56 Å². The van der Waals surface area contributed by atoms with E-state index < -0.39 is 23.1 Å². The van der Waals surface area contributed by atoms with E-state index in [-0.39, 0.29) is 6.42 Å². The van der Waals surface area contributed by atoms with Crippen LogP contribution in [0.15, 0.2) is 30.3 Å². The Bertz CT molecular complexity index is 493. The molecule has 3 N–H and O–H groups in total. The number of carboxylic acids is 1. The number of nitrogens with two attached hydrogens (primary N) is 1. The van der Waals surface area contributed by atoms with Crippen LogP contribution in [0.2, 0.25) is 0 Å². The fourth-order valence-corrected chi connectivity index (χ4v) is 1.88. The molecule has 1 aromatic rings. The van der Waals surface area contributed by atoms with Gasteiger partial charge in [0.15, 0.2) is 0 Å². The molecular formula is C16H23NO4. The molecule has 0 aliphatic rings. The van der Waals surface area contributed by atoms with Crippen LogP contribution in [0.4, 0.5) is 0 Å². The van der Waals surface area contributed by atoms with Crippen LogP contribution in [0, 0.1) is 0 Å². The zero-order valence-electron chi connectivity index (χ0n) is 12.8. The van der Waals surface area contributed by atoms with Crippen molar-refractivity contribution in [3.63, 3.8) is 0 Å². The Morgan fingerprint density at radius 1 is 1.19 bits per heavy atom. The summed E-state index contributed by atoms with van der Waals surface area (Å²) in [4.78, 5) is 23.4. The lowest BCUT2D eigenvalue weighted by molar-refractivity contribution is -0.169. The van der Waals surface area contributed by atoms with Gasteiger partial charge in [0.25, 0.3) is 0 Å². The molecule has 116 valence electrons. The van der Waals surface area contributed by atoms with E-state index in [1.165, 1.54) is 0 Å². The van der Waals surface area contributed by atoms with Crippen LogP contribution in [0.1, 0.15) is 39.2 Å². The summed E-state index contributed by atoms with van der Waals surface area (Å²) in [5, 5.41) is 9.27. The highest BCUT2D eigenvalue weighted by Crippen LogP contribution is 2.19. The second kappa shape index (κ2) is 6.72. The number of benzene rings is 1. The number of aryl methyl sites for hydroxylation is 1. The van der Waals surface area contributed by atoms with E-state index >= 15 is 0 Å². The van der Waals surface area contributed by atoms with E-state index in [0.29, 0.717) is 12.8 Å². The summed E-state index contributed by atoms with van der Waals surface area (Å²) in [7, 11) is 0. The zero-order chi connectivity index (χ0) is 16.1. The number of carbonyl (C=O) groups excluding carboxylic acids is 1. The summed E-state index contributed by atoms with van der Waals surface area (Å²) >= 11 is 0. The van der Waals surface area contributed by atoms with Gasteiger partial charge >= 0.3 is 11.9 Å². The fourth-order valence-electron chi connectivity index (χ4n) is 1.88. The Kier molecular flexibility index (Phi) is 5.49. The van der Waals surface area contributed by atoms with Crippen molar-refractivity contribution in [2.45, 2.75) is 51.2 Å². The Morgan fingerprint density at radius 2 is 1.76 bits per heavy atom. The lowest BCUT2D eigenvalue weighted by atomic mass is 9.92. The maximum absolute atomic E-state index is 12.0. The Balaban J connectivity index is 2.68. The van der Waals surface area contributed by atoms with Crippen molar-refractivity contribution in [1.29, 1.82) is 0 Å². The highest BCUT2D eigenvalue weighted by atomic mass is 16.6. The number of hydrogen-bond acceptors (Lipinski definition) is 4. The maximum Gasteiger partial charge on any atom is 0.338 e. The van der Waals surface area contributed by atoms with Gasteiger partial charge in [0.2, 0.25) is 5.54 Å². The van der Waals surface area contributed by atoms with Crippen LogP contribution < -0.4 is 5.73 Å². The van der Waals surface area contributed by atoms with Gasteiger partial charge in [-0.2, -0.15) is 0 Å². The Morgan fingerprint density at radius 3 is 2.24 bits per heavy atom. The fraction of sp³-hybridized carbons (Fsp3) is 0.500. The van der Waals surface area contributed by atoms with Crippen LogP contribution in [-0.4, -0.2) is 28.2 Å². The molecule has 1 aromatic carbocycles. The molecule has 0 saturated heterocycles. The van der Waals surface area contributed by atoms with E-state index in [1.807, 2.05) is 30.3 Å². The summed E-state index contributed by atoms with van der Waals surface area (Å²) < 4.78 is 5.12.